The number of rotatable bonds is 9. The van der Waals surface area contributed by atoms with Crippen molar-refractivity contribution < 1.29 is 4.79 Å². The van der Waals surface area contributed by atoms with Crippen LogP contribution in [0, 0.1) is 0 Å². The molecule has 0 aromatic heterocycles. The summed E-state index contributed by atoms with van der Waals surface area (Å²) in [5.74, 6) is 1.36. The number of allylic oxidation sites excluding steroid dienone is 2. The maximum absolute atomic E-state index is 10.8. The monoisotopic (exact) mass is 274 g/mol. The van der Waals surface area contributed by atoms with Crippen molar-refractivity contribution in [2.45, 2.75) is 32.6 Å². The summed E-state index contributed by atoms with van der Waals surface area (Å²) in [4.78, 5) is 10.8. The summed E-state index contributed by atoms with van der Waals surface area (Å²) in [6.45, 7) is 5.47. The number of unbranched alkanes of at least 4 members (excludes halogenated alkanes) is 1. The number of thioether (sulfide) groups is 1. The van der Waals surface area contributed by atoms with Crippen LogP contribution in [0.4, 0.5) is 0 Å². The molecule has 0 spiro atoms. The Bertz CT molecular complexity index is 420. The van der Waals surface area contributed by atoms with Gasteiger partial charge in [0.25, 0.3) is 0 Å². The molecule has 0 heterocycles. The molecule has 19 heavy (non-hydrogen) atoms. The lowest BCUT2D eigenvalue weighted by atomic mass is 10.1. The molecule has 2 heteroatoms. The molecule has 0 aliphatic heterocycles. The maximum Gasteiger partial charge on any atom is 0.129 e. The number of Topliss-reactive ketones (excluding diaryl/α,β-unsaturated/α-hetero) is 1. The highest BCUT2D eigenvalue weighted by molar-refractivity contribution is 8.02. The fourth-order valence-electron chi connectivity index (χ4n) is 1.76. The van der Waals surface area contributed by atoms with Crippen molar-refractivity contribution in [2.24, 2.45) is 0 Å². The molecule has 102 valence electrons. The summed E-state index contributed by atoms with van der Waals surface area (Å²) in [6, 6.07) is 10.4. The van der Waals surface area contributed by atoms with Crippen LogP contribution in [0.2, 0.25) is 0 Å². The highest BCUT2D eigenvalue weighted by atomic mass is 32.2. The fourth-order valence-corrected chi connectivity index (χ4v) is 2.68. The van der Waals surface area contributed by atoms with E-state index in [-0.39, 0.29) is 5.78 Å². The van der Waals surface area contributed by atoms with Gasteiger partial charge in [-0.25, -0.2) is 0 Å². The average Bonchev–Trinajstić information content (AvgIpc) is 2.42. The van der Waals surface area contributed by atoms with Gasteiger partial charge in [0.05, 0.1) is 0 Å². The topological polar surface area (TPSA) is 17.1 Å². The zero-order valence-electron chi connectivity index (χ0n) is 11.6. The maximum atomic E-state index is 10.8. The van der Waals surface area contributed by atoms with Gasteiger partial charge in [-0.15, -0.1) is 18.3 Å². The van der Waals surface area contributed by atoms with E-state index in [9.17, 15) is 4.79 Å². The van der Waals surface area contributed by atoms with E-state index in [2.05, 4.69) is 36.3 Å². The standard InChI is InChI=1S/C17H22OS/c1-3-9-17(16-11-5-4-6-12-16)14-19-13-8-7-10-15(2)18/h3-6,11-12,14H,1,7-10,13H2,2H3. The van der Waals surface area contributed by atoms with E-state index in [1.54, 1.807) is 6.92 Å². The van der Waals surface area contributed by atoms with E-state index >= 15 is 0 Å². The minimum absolute atomic E-state index is 0.289. The summed E-state index contributed by atoms with van der Waals surface area (Å²) in [6.07, 6.45) is 5.64. The summed E-state index contributed by atoms with van der Waals surface area (Å²) in [7, 11) is 0. The minimum atomic E-state index is 0.289. The highest BCUT2D eigenvalue weighted by Gasteiger charge is 1.99. The molecule has 1 nitrogen and oxygen atoms in total. The predicted molar refractivity (Wildman–Crippen MR) is 86.2 cm³/mol. The van der Waals surface area contributed by atoms with E-state index in [4.69, 9.17) is 0 Å². The third-order valence-corrected chi connectivity index (χ3v) is 3.75. The predicted octanol–water partition coefficient (Wildman–Crippen LogP) is 5.10. The Kier molecular flexibility index (Phi) is 7.99. The van der Waals surface area contributed by atoms with Crippen LogP contribution in [0.5, 0.6) is 0 Å². The van der Waals surface area contributed by atoms with Crippen LogP contribution in [0.15, 0.2) is 48.4 Å². The molecule has 0 radical (unpaired) electrons. The number of ketones is 1. The van der Waals surface area contributed by atoms with E-state index in [0.29, 0.717) is 6.42 Å². The van der Waals surface area contributed by atoms with Gasteiger partial charge in [0.15, 0.2) is 0 Å². The molecule has 0 aliphatic carbocycles. The van der Waals surface area contributed by atoms with Gasteiger partial charge in [-0.2, -0.15) is 0 Å². The molecule has 0 amide bonds. The molecule has 1 aromatic carbocycles. The van der Waals surface area contributed by atoms with Crippen molar-refractivity contribution in [3.05, 3.63) is 54.0 Å². The molecule has 0 atom stereocenters. The lowest BCUT2D eigenvalue weighted by Crippen LogP contribution is -1.90. The number of benzene rings is 1. The number of hydrogen-bond acceptors (Lipinski definition) is 2. The van der Waals surface area contributed by atoms with Crippen molar-refractivity contribution in [2.75, 3.05) is 5.75 Å². The summed E-state index contributed by atoms with van der Waals surface area (Å²) >= 11 is 1.83. The molecule has 0 bridgehead atoms. The van der Waals surface area contributed by atoms with Crippen molar-refractivity contribution in [3.63, 3.8) is 0 Å². The SMILES string of the molecule is C=CCC(=CSCCCCC(C)=O)c1ccccc1. The van der Waals surface area contributed by atoms with Crippen LogP contribution < -0.4 is 0 Å². The van der Waals surface area contributed by atoms with E-state index in [0.717, 1.165) is 25.0 Å². The lowest BCUT2D eigenvalue weighted by Gasteiger charge is -2.05. The molecular weight excluding hydrogens is 252 g/mol. The van der Waals surface area contributed by atoms with E-state index in [1.165, 1.54) is 11.1 Å². The Balaban J connectivity index is 2.42. The average molecular weight is 274 g/mol. The van der Waals surface area contributed by atoms with Crippen LogP contribution in [0.1, 0.15) is 38.2 Å². The van der Waals surface area contributed by atoms with Crippen LogP contribution >= 0.6 is 11.8 Å². The van der Waals surface area contributed by atoms with Crippen molar-refractivity contribution in [1.82, 2.24) is 0 Å². The Morgan fingerprint density at radius 3 is 2.63 bits per heavy atom. The Labute approximate surface area is 120 Å². The largest absolute Gasteiger partial charge is 0.300 e. The van der Waals surface area contributed by atoms with Gasteiger partial charge < -0.3 is 4.79 Å². The van der Waals surface area contributed by atoms with Crippen LogP contribution in [0.3, 0.4) is 0 Å². The number of carbonyl (C=O) groups is 1. The van der Waals surface area contributed by atoms with E-state index < -0.39 is 0 Å². The summed E-state index contributed by atoms with van der Waals surface area (Å²) < 4.78 is 0. The first-order valence-corrected chi connectivity index (χ1v) is 7.75. The third-order valence-electron chi connectivity index (χ3n) is 2.78. The van der Waals surface area contributed by atoms with Crippen molar-refractivity contribution >= 4 is 23.1 Å². The summed E-state index contributed by atoms with van der Waals surface area (Å²) in [5.41, 5.74) is 2.57. The second kappa shape index (κ2) is 9.62. The van der Waals surface area contributed by atoms with Gasteiger partial charge in [0, 0.05) is 6.42 Å². The van der Waals surface area contributed by atoms with Crippen LogP contribution in [-0.4, -0.2) is 11.5 Å². The first-order valence-electron chi connectivity index (χ1n) is 6.70. The molecule has 1 aromatic rings. The van der Waals surface area contributed by atoms with Gasteiger partial charge in [0.2, 0.25) is 0 Å². The second-order valence-electron chi connectivity index (χ2n) is 4.53. The normalized spacial score (nSPS) is 11.3. The second-order valence-corrected chi connectivity index (χ2v) is 5.51. The smallest absolute Gasteiger partial charge is 0.129 e. The molecule has 0 aliphatic rings. The third kappa shape index (κ3) is 7.02. The van der Waals surface area contributed by atoms with Gasteiger partial charge in [0.1, 0.15) is 5.78 Å². The quantitative estimate of drug-likeness (QED) is 0.460. The minimum Gasteiger partial charge on any atom is -0.300 e. The first kappa shape index (κ1) is 15.8. The number of hydrogen-bond donors (Lipinski definition) is 0. The number of carbonyl (C=O) groups excluding carboxylic acids is 1. The fraction of sp³-hybridized carbons (Fsp3) is 0.353. The lowest BCUT2D eigenvalue weighted by molar-refractivity contribution is -0.117. The zero-order valence-corrected chi connectivity index (χ0v) is 12.4. The zero-order chi connectivity index (χ0) is 13.9. The first-order chi connectivity index (χ1) is 9.24. The highest BCUT2D eigenvalue weighted by Crippen LogP contribution is 2.22. The van der Waals surface area contributed by atoms with Crippen LogP contribution in [0.25, 0.3) is 5.57 Å². The molecule has 1 rings (SSSR count). The van der Waals surface area contributed by atoms with E-state index in [1.807, 2.05) is 23.9 Å². The summed E-state index contributed by atoms with van der Waals surface area (Å²) in [5, 5.41) is 2.23. The molecular formula is C17H22OS. The van der Waals surface area contributed by atoms with Crippen LogP contribution in [-0.2, 0) is 4.79 Å². The molecule has 0 fully saturated rings. The van der Waals surface area contributed by atoms with Crippen molar-refractivity contribution in [1.29, 1.82) is 0 Å². The Hall–Kier alpha value is -1.28. The van der Waals surface area contributed by atoms with Gasteiger partial charge in [-0.05, 0) is 48.5 Å². The van der Waals surface area contributed by atoms with Gasteiger partial charge in [-0.3, -0.25) is 0 Å². The van der Waals surface area contributed by atoms with Gasteiger partial charge >= 0.3 is 0 Å². The Morgan fingerprint density at radius 1 is 1.26 bits per heavy atom. The Morgan fingerprint density at radius 2 is 2.00 bits per heavy atom. The molecule has 0 N–H and O–H groups in total. The van der Waals surface area contributed by atoms with Gasteiger partial charge in [-0.1, -0.05) is 36.4 Å². The van der Waals surface area contributed by atoms with Crippen molar-refractivity contribution in [3.8, 4) is 0 Å². The molecule has 0 saturated carbocycles. The molecule has 0 unspecified atom stereocenters. The molecule has 0 saturated heterocycles.